The van der Waals surface area contributed by atoms with Crippen LogP contribution in [0.4, 0.5) is 8.78 Å². The highest BCUT2D eigenvalue weighted by Gasteiger charge is 2.26. The summed E-state index contributed by atoms with van der Waals surface area (Å²) in [4.78, 5) is 12.4. The second-order valence-corrected chi connectivity index (χ2v) is 5.40. The summed E-state index contributed by atoms with van der Waals surface area (Å²) in [5, 5.41) is 0. The lowest BCUT2D eigenvalue weighted by Gasteiger charge is -2.15. The second-order valence-electron chi connectivity index (χ2n) is 4.48. The van der Waals surface area contributed by atoms with Gasteiger partial charge in [0.1, 0.15) is 11.6 Å². The molecule has 0 fully saturated rings. The molecule has 1 unspecified atom stereocenters. The number of ketones is 1. The quantitative estimate of drug-likeness (QED) is 0.708. The Morgan fingerprint density at radius 1 is 1.15 bits per heavy atom. The molecule has 0 N–H and O–H groups in total. The largest absolute Gasteiger partial charge is 0.293 e. The van der Waals surface area contributed by atoms with Gasteiger partial charge in [-0.15, -0.1) is 0 Å². The fraction of sp³-hybridized carbons (Fsp3) is 0.188. The Morgan fingerprint density at radius 3 is 2.20 bits per heavy atom. The number of hydrogen-bond acceptors (Lipinski definition) is 1. The molecule has 0 aliphatic heterocycles. The lowest BCUT2D eigenvalue weighted by atomic mass is 9.88. The molecular formula is C16H13BrF2O. The van der Waals surface area contributed by atoms with Crippen molar-refractivity contribution in [1.82, 2.24) is 0 Å². The fourth-order valence-corrected chi connectivity index (χ4v) is 2.61. The van der Waals surface area contributed by atoms with Gasteiger partial charge in [-0.1, -0.05) is 53.2 Å². The fourth-order valence-electron chi connectivity index (χ4n) is 2.21. The summed E-state index contributed by atoms with van der Waals surface area (Å²) in [6, 6.07) is 11.2. The maximum Gasteiger partial charge on any atom is 0.176 e. The van der Waals surface area contributed by atoms with E-state index in [1.54, 1.807) is 24.3 Å². The molecule has 0 bridgehead atoms. The topological polar surface area (TPSA) is 17.1 Å². The minimum absolute atomic E-state index is 0.275. The molecule has 0 aliphatic carbocycles. The maximum atomic E-state index is 13.9. The molecule has 104 valence electrons. The Hall–Kier alpha value is -1.55. The summed E-state index contributed by atoms with van der Waals surface area (Å²) in [6.07, 6.45) is 0.484. The maximum absolute atomic E-state index is 13.9. The van der Waals surface area contributed by atoms with E-state index in [2.05, 4.69) is 15.9 Å². The van der Waals surface area contributed by atoms with E-state index in [9.17, 15) is 13.6 Å². The monoisotopic (exact) mass is 338 g/mol. The van der Waals surface area contributed by atoms with Gasteiger partial charge in [-0.05, 0) is 24.1 Å². The van der Waals surface area contributed by atoms with Gasteiger partial charge in [-0.3, -0.25) is 4.79 Å². The molecule has 20 heavy (non-hydrogen) atoms. The first kappa shape index (κ1) is 14.9. The SMILES string of the molecule is CCC(C(=O)c1c(F)cc(Br)cc1F)c1ccccc1. The smallest absolute Gasteiger partial charge is 0.176 e. The zero-order valence-electron chi connectivity index (χ0n) is 10.9. The first-order valence-corrected chi connectivity index (χ1v) is 7.07. The van der Waals surface area contributed by atoms with E-state index in [1.807, 2.05) is 13.0 Å². The van der Waals surface area contributed by atoms with Crippen LogP contribution in [0.3, 0.4) is 0 Å². The third-order valence-corrected chi connectivity index (χ3v) is 3.64. The number of Topliss-reactive ketones (excluding diaryl/α,β-unsaturated/α-hetero) is 1. The van der Waals surface area contributed by atoms with Crippen molar-refractivity contribution in [1.29, 1.82) is 0 Å². The highest BCUT2D eigenvalue weighted by Crippen LogP contribution is 2.28. The van der Waals surface area contributed by atoms with Crippen LogP contribution in [0.25, 0.3) is 0 Å². The van der Waals surface area contributed by atoms with Crippen LogP contribution in [-0.2, 0) is 0 Å². The van der Waals surface area contributed by atoms with E-state index in [0.29, 0.717) is 6.42 Å². The van der Waals surface area contributed by atoms with Crippen LogP contribution in [0.15, 0.2) is 46.9 Å². The summed E-state index contributed by atoms with van der Waals surface area (Å²) >= 11 is 3.00. The lowest BCUT2D eigenvalue weighted by Crippen LogP contribution is -2.15. The van der Waals surface area contributed by atoms with Crippen molar-refractivity contribution < 1.29 is 13.6 Å². The van der Waals surface area contributed by atoms with Gasteiger partial charge in [0.25, 0.3) is 0 Å². The number of carbonyl (C=O) groups excluding carboxylic acids is 1. The summed E-state index contributed by atoms with van der Waals surface area (Å²) in [6.45, 7) is 1.82. The molecular weight excluding hydrogens is 326 g/mol. The first-order chi connectivity index (χ1) is 9.54. The van der Waals surface area contributed by atoms with Gasteiger partial charge in [0.15, 0.2) is 5.78 Å². The number of hydrogen-bond donors (Lipinski definition) is 0. The van der Waals surface area contributed by atoms with E-state index < -0.39 is 28.9 Å². The molecule has 2 aromatic carbocycles. The van der Waals surface area contributed by atoms with Crippen LogP contribution in [0, 0.1) is 11.6 Å². The van der Waals surface area contributed by atoms with Crippen molar-refractivity contribution in [2.24, 2.45) is 0 Å². The minimum Gasteiger partial charge on any atom is -0.293 e. The molecule has 4 heteroatoms. The van der Waals surface area contributed by atoms with Crippen LogP contribution in [0.5, 0.6) is 0 Å². The molecule has 0 aliphatic rings. The van der Waals surface area contributed by atoms with Crippen LogP contribution >= 0.6 is 15.9 Å². The van der Waals surface area contributed by atoms with E-state index in [1.165, 1.54) is 0 Å². The lowest BCUT2D eigenvalue weighted by molar-refractivity contribution is 0.0949. The van der Waals surface area contributed by atoms with Gasteiger partial charge in [-0.25, -0.2) is 8.78 Å². The number of benzene rings is 2. The zero-order valence-corrected chi connectivity index (χ0v) is 12.5. The number of halogens is 3. The van der Waals surface area contributed by atoms with E-state index in [4.69, 9.17) is 0 Å². The van der Waals surface area contributed by atoms with Gasteiger partial charge in [-0.2, -0.15) is 0 Å². The Labute approximate surface area is 124 Å². The van der Waals surface area contributed by atoms with Gasteiger partial charge >= 0.3 is 0 Å². The average Bonchev–Trinajstić information content (AvgIpc) is 2.39. The van der Waals surface area contributed by atoms with Gasteiger partial charge in [0.2, 0.25) is 0 Å². The van der Waals surface area contributed by atoms with Crippen molar-refractivity contribution in [2.45, 2.75) is 19.3 Å². The predicted octanol–water partition coefficient (Wildman–Crippen LogP) is 5.10. The molecule has 0 saturated carbocycles. The molecule has 2 rings (SSSR count). The first-order valence-electron chi connectivity index (χ1n) is 6.28. The van der Waals surface area contributed by atoms with Crippen LogP contribution in [0.2, 0.25) is 0 Å². The molecule has 2 aromatic rings. The third-order valence-electron chi connectivity index (χ3n) is 3.18. The molecule has 0 saturated heterocycles. The van der Waals surface area contributed by atoms with E-state index >= 15 is 0 Å². The number of rotatable bonds is 4. The van der Waals surface area contributed by atoms with Crippen molar-refractivity contribution in [3.63, 3.8) is 0 Å². The normalized spacial score (nSPS) is 12.2. The van der Waals surface area contributed by atoms with Crippen molar-refractivity contribution in [3.8, 4) is 0 Å². The second kappa shape index (κ2) is 6.27. The highest BCUT2D eigenvalue weighted by molar-refractivity contribution is 9.10. The Kier molecular flexibility index (Phi) is 4.65. The van der Waals surface area contributed by atoms with Crippen molar-refractivity contribution in [3.05, 3.63) is 69.7 Å². The molecule has 0 spiro atoms. The van der Waals surface area contributed by atoms with Crippen LogP contribution in [0.1, 0.15) is 35.2 Å². The van der Waals surface area contributed by atoms with Crippen molar-refractivity contribution in [2.75, 3.05) is 0 Å². The van der Waals surface area contributed by atoms with Crippen LogP contribution in [-0.4, -0.2) is 5.78 Å². The summed E-state index contributed by atoms with van der Waals surface area (Å²) in [7, 11) is 0. The van der Waals surface area contributed by atoms with E-state index in [-0.39, 0.29) is 4.47 Å². The zero-order chi connectivity index (χ0) is 14.7. The molecule has 1 nitrogen and oxygen atoms in total. The van der Waals surface area contributed by atoms with Gasteiger partial charge in [0, 0.05) is 10.4 Å². The van der Waals surface area contributed by atoms with Gasteiger partial charge in [0.05, 0.1) is 5.56 Å². The summed E-state index contributed by atoms with van der Waals surface area (Å²) < 4.78 is 28.0. The molecule has 0 aromatic heterocycles. The van der Waals surface area contributed by atoms with Crippen molar-refractivity contribution >= 4 is 21.7 Å². The average molecular weight is 339 g/mol. The molecule has 1 atom stereocenters. The molecule has 0 heterocycles. The third kappa shape index (κ3) is 2.96. The Morgan fingerprint density at radius 2 is 1.70 bits per heavy atom. The number of carbonyl (C=O) groups is 1. The predicted molar refractivity (Wildman–Crippen MR) is 77.9 cm³/mol. The standard InChI is InChI=1S/C16H13BrF2O/c1-2-12(10-6-4-3-5-7-10)16(20)15-13(18)8-11(17)9-14(15)19/h3-9,12H,2H2,1H3. The summed E-state index contributed by atoms with van der Waals surface area (Å²) in [5.41, 5.74) is 0.297. The van der Waals surface area contributed by atoms with Gasteiger partial charge < -0.3 is 0 Å². The highest BCUT2D eigenvalue weighted by atomic mass is 79.9. The van der Waals surface area contributed by atoms with E-state index in [0.717, 1.165) is 17.7 Å². The van der Waals surface area contributed by atoms with Crippen LogP contribution < -0.4 is 0 Å². The minimum atomic E-state index is -0.837. The Balaban J connectivity index is 2.45. The molecule has 0 amide bonds. The summed E-state index contributed by atoms with van der Waals surface area (Å²) in [5.74, 6) is -2.74. The molecule has 0 radical (unpaired) electrons. The Bertz CT molecular complexity index is 603.